The van der Waals surface area contributed by atoms with Crippen molar-refractivity contribution in [2.24, 2.45) is 0 Å². The number of carbonyl (C=O) groups excluding carboxylic acids is 5. The largest absolute Gasteiger partial charge is 0.871 e. The number of carboxylic acid groups (broad SMARTS) is 1. The number of hydrogen-bond acceptors (Lipinski definition) is 21. The number of nitrogens with one attached hydrogen (secondary N) is 4. The Labute approximate surface area is 602 Å². The lowest BCUT2D eigenvalue weighted by molar-refractivity contribution is -0.903. The highest BCUT2D eigenvalue weighted by molar-refractivity contribution is 7.85. The highest BCUT2D eigenvalue weighted by Gasteiger charge is 2.31. The van der Waals surface area contributed by atoms with Gasteiger partial charge in [-0.25, -0.2) is 32.4 Å². The molecule has 8 heterocycles. The maximum absolute atomic E-state index is 13.4. The number of anilines is 1. The zero-order chi connectivity index (χ0) is 74.0. The molecule has 7 aromatic rings. The van der Waals surface area contributed by atoms with Crippen LogP contribution in [0.5, 0.6) is 0 Å². The Morgan fingerprint density at radius 2 is 1.10 bits per heavy atom. The van der Waals surface area contributed by atoms with E-state index in [4.69, 9.17) is 24.1 Å². The van der Waals surface area contributed by atoms with E-state index >= 15 is 0 Å². The van der Waals surface area contributed by atoms with Crippen LogP contribution in [-0.2, 0) is 91.1 Å². The molecular formula is C73H85N15O15S. The number of allylic oxidation sites excluding steroid dienone is 7. The summed E-state index contributed by atoms with van der Waals surface area (Å²) >= 11 is 0. The first-order chi connectivity index (χ1) is 50.1. The van der Waals surface area contributed by atoms with Crippen LogP contribution in [-0.4, -0.2) is 207 Å². The first-order valence-corrected chi connectivity index (χ1v) is 35.5. The number of benzene rings is 3. The molecule has 5 N–H and O–H groups in total. The van der Waals surface area contributed by atoms with Gasteiger partial charge >= 0.3 is 5.97 Å². The van der Waals surface area contributed by atoms with Gasteiger partial charge in [-0.15, -0.1) is 10.2 Å². The van der Waals surface area contributed by atoms with Gasteiger partial charge in [-0.1, -0.05) is 89.0 Å². The van der Waals surface area contributed by atoms with Gasteiger partial charge in [0.15, 0.2) is 18.0 Å². The molecule has 2 aliphatic carbocycles. The Morgan fingerprint density at radius 1 is 0.615 bits per heavy atom. The molecule has 4 amide bonds. The summed E-state index contributed by atoms with van der Waals surface area (Å²) in [6.45, 7) is 12.1. The molecular weight excluding hydrogens is 1360 g/mol. The minimum absolute atomic E-state index is 0.137. The van der Waals surface area contributed by atoms with Crippen LogP contribution in [0.2, 0.25) is 0 Å². The summed E-state index contributed by atoms with van der Waals surface area (Å²) in [5, 5.41) is 50.0. The first-order valence-electron chi connectivity index (χ1n) is 33.9. The standard InChI is InChI=1S/C43H59N9O11S.C30H26N6O4/c1-5-48(16-17-50-28-35(44-46-50)30-52(3,4)20-7-27-64(57,58)59)37-12-8-33(9-13-37)40-42(55)41(43(40)56)34-10-14-38(15-11-34)49(6-2)18-21-62-31-36-29-51(47-45-36)19-22-60-23-24-61-25-26-63-32-39(53)54;37-27-23-3-1-4-24(35-23)28(38)32-16-20-9-13-22(14-10-20)18-34-30(40)26-6-2-5-25(36-26)29(39)33-17-21-11-7-19(8-12-21)15-31-27/h8-15,28-29H,5-7,16-27,30-32H2,1-4H3,(H-2,53,54,55,56,57,58,59);1-14H,15-18H2,(H,31,37)(H,32,38)(H,33,39)(H,34,40). The van der Waals surface area contributed by atoms with Crippen molar-refractivity contribution in [2.45, 2.75) is 72.7 Å². The van der Waals surface area contributed by atoms with E-state index in [1.54, 1.807) is 45.8 Å². The number of ketones is 1. The lowest BCUT2D eigenvalue weighted by Gasteiger charge is -2.32. The Bertz CT molecular complexity index is 4190. The van der Waals surface area contributed by atoms with Crippen LogP contribution in [0.4, 0.5) is 5.69 Å². The van der Waals surface area contributed by atoms with Crippen LogP contribution >= 0.6 is 0 Å². The van der Waals surface area contributed by atoms with Crippen LogP contribution in [0, 0.1) is 0 Å². The molecule has 31 heteroatoms. The number of ether oxygens (including phenoxy) is 4. The Morgan fingerprint density at radius 3 is 1.58 bits per heavy atom. The zero-order valence-electron chi connectivity index (χ0n) is 58.4. The van der Waals surface area contributed by atoms with Crippen molar-refractivity contribution >= 4 is 62.5 Å². The molecule has 104 heavy (non-hydrogen) atoms. The van der Waals surface area contributed by atoms with Crippen molar-refractivity contribution in [1.82, 2.24) is 61.2 Å². The number of amides is 4. The van der Waals surface area contributed by atoms with Gasteiger partial charge in [-0.3, -0.25) is 28.7 Å². The normalized spacial score (nSPS) is 14.4. The zero-order valence-corrected chi connectivity index (χ0v) is 59.2. The molecule has 6 aliphatic rings. The van der Waals surface area contributed by atoms with Gasteiger partial charge in [0.25, 0.3) is 23.6 Å². The summed E-state index contributed by atoms with van der Waals surface area (Å²) in [4.78, 5) is 85.1. The van der Waals surface area contributed by atoms with Gasteiger partial charge in [0.05, 0.1) is 95.9 Å². The van der Waals surface area contributed by atoms with E-state index in [9.17, 15) is 46.8 Å². The van der Waals surface area contributed by atoms with Crippen LogP contribution in [0.25, 0.3) is 5.57 Å². The molecule has 3 aromatic carbocycles. The molecule has 0 saturated carbocycles. The first kappa shape index (κ1) is 77.4. The summed E-state index contributed by atoms with van der Waals surface area (Å²) in [6, 6.07) is 31.6. The van der Waals surface area contributed by atoms with E-state index in [2.05, 4.69) is 61.3 Å². The molecule has 4 aliphatic heterocycles. The Kier molecular flexibility index (Phi) is 28.2. The van der Waals surface area contributed by atoms with Crippen molar-refractivity contribution in [2.75, 3.05) is 104 Å². The Hall–Kier alpha value is -10.8. The second-order valence-electron chi connectivity index (χ2n) is 24.9. The van der Waals surface area contributed by atoms with Gasteiger partial charge in [0.1, 0.15) is 60.5 Å². The predicted molar refractivity (Wildman–Crippen MR) is 378 cm³/mol. The SMILES string of the molecule is CCN(CCn1cc(C[N+](C)(C)CCCS(=O)(=O)[O-])nn1)c1ccc(C2=C([O-])C(=C3C=CC(=[N+](CC)CCOCc4cn(CCOCCOCCOCC(=O)O)nn4)C=C3)C2=O)cc1.O=C1NCc2ccc(cc2)CNC(=O)c2cccc(n2)C(=O)NCc2ccc(cc2)CNC(=O)c2cccc1n2. The minimum atomic E-state index is -4.24. The summed E-state index contributed by atoms with van der Waals surface area (Å²) in [5.74, 6) is -3.54. The monoisotopic (exact) mass is 1440 g/mol. The fourth-order valence-electron chi connectivity index (χ4n) is 11.1. The van der Waals surface area contributed by atoms with Crippen molar-refractivity contribution in [1.29, 1.82) is 0 Å². The number of aromatic nitrogens is 8. The average Bonchev–Trinajstić information content (AvgIpc) is 0.913. The van der Waals surface area contributed by atoms with Gasteiger partial charge in [0.2, 0.25) is 0 Å². The maximum atomic E-state index is 13.4. The van der Waals surface area contributed by atoms with E-state index in [1.807, 2.05) is 137 Å². The molecule has 4 aromatic heterocycles. The lowest BCUT2D eigenvalue weighted by Crippen LogP contribution is -2.40. The van der Waals surface area contributed by atoms with Crippen molar-refractivity contribution in [3.05, 3.63) is 225 Å². The second kappa shape index (κ2) is 37.9. The van der Waals surface area contributed by atoms with E-state index in [1.165, 1.54) is 0 Å². The number of nitrogens with zero attached hydrogens (tertiary/aromatic N) is 11. The molecule has 0 fully saturated rings. The molecule has 0 unspecified atom stereocenters. The number of carbonyl (C=O) groups is 6. The second-order valence-corrected chi connectivity index (χ2v) is 26.5. The number of rotatable bonds is 29. The van der Waals surface area contributed by atoms with E-state index < -0.39 is 39.7 Å². The number of quaternary nitrogens is 1. The van der Waals surface area contributed by atoms with Gasteiger partial charge in [-0.2, -0.15) is 0 Å². The fourth-order valence-corrected chi connectivity index (χ4v) is 11.6. The third-order valence-corrected chi connectivity index (χ3v) is 17.5. The van der Waals surface area contributed by atoms with Crippen molar-refractivity contribution in [3.63, 3.8) is 0 Å². The van der Waals surface area contributed by atoms with Crippen molar-refractivity contribution in [3.8, 4) is 0 Å². The number of carboxylic acids is 1. The predicted octanol–water partition coefficient (Wildman–Crippen LogP) is 3.32. The molecule has 8 bridgehead atoms. The smallest absolute Gasteiger partial charge is 0.329 e. The molecule has 0 atom stereocenters. The summed E-state index contributed by atoms with van der Waals surface area (Å²) in [7, 11) is -0.332. The number of pyridine rings is 2. The molecule has 30 nitrogen and oxygen atoms in total. The summed E-state index contributed by atoms with van der Waals surface area (Å²) < 4.78 is 60.6. The number of aliphatic carboxylic acids is 1. The van der Waals surface area contributed by atoms with E-state index in [-0.39, 0.29) is 97.0 Å². The average molecular weight is 1440 g/mol. The van der Waals surface area contributed by atoms with Crippen LogP contribution in [0.15, 0.2) is 163 Å². The quantitative estimate of drug-likeness (QED) is 0.0148. The third-order valence-electron chi connectivity index (χ3n) is 16.7. The highest BCUT2D eigenvalue weighted by Crippen LogP contribution is 2.38. The van der Waals surface area contributed by atoms with Gasteiger partial charge in [-0.05, 0) is 95.8 Å². The molecule has 0 radical (unpaired) electrons. The van der Waals surface area contributed by atoms with Crippen LogP contribution in [0.3, 0.4) is 0 Å². The van der Waals surface area contributed by atoms with Gasteiger partial charge in [0, 0.05) is 80.4 Å². The number of hydrogen-bond donors (Lipinski definition) is 5. The van der Waals surface area contributed by atoms with Crippen LogP contribution in [0.1, 0.15) is 101 Å². The molecule has 13 rings (SSSR count). The third kappa shape index (κ3) is 23.6. The Balaban J connectivity index is 0.000000267. The molecule has 0 spiro atoms. The van der Waals surface area contributed by atoms with Crippen LogP contribution < -0.4 is 31.3 Å². The number of Topliss-reactive ketones (excluding diaryl/α,β-unsaturated/α-hetero) is 1. The van der Waals surface area contributed by atoms with Gasteiger partial charge < -0.3 is 64.4 Å². The number of likely N-dealkylation sites (N-methyl/N-ethyl adjacent to an activating group) is 2. The molecule has 548 valence electrons. The fraction of sp³-hybridized carbons (Fsp3) is 0.356. The highest BCUT2D eigenvalue weighted by atomic mass is 32.2. The summed E-state index contributed by atoms with van der Waals surface area (Å²) in [5.41, 5.74) is 8.82. The summed E-state index contributed by atoms with van der Waals surface area (Å²) in [6.07, 6.45) is 11.4. The molecule has 0 saturated heterocycles. The van der Waals surface area contributed by atoms with Crippen molar-refractivity contribution < 1.29 is 80.0 Å². The minimum Gasteiger partial charge on any atom is -0.871 e. The maximum Gasteiger partial charge on any atom is 0.329 e. The van der Waals surface area contributed by atoms with E-state index in [0.29, 0.717) is 100 Å². The van der Waals surface area contributed by atoms with E-state index in [0.717, 1.165) is 52.4 Å². The topological polar surface area (TPSA) is 381 Å². The lowest BCUT2D eigenvalue weighted by atomic mass is 9.80.